The second-order valence-corrected chi connectivity index (χ2v) is 20.7. The third-order valence-electron chi connectivity index (χ3n) is 15.3. The van der Waals surface area contributed by atoms with Gasteiger partial charge in [0.05, 0.1) is 35.5 Å². The molecule has 3 aliphatic rings. The molecule has 6 rings (SSSR count). The fraction of sp³-hybridized carbons (Fsp3) is 0.607. The number of esters is 6. The monoisotopic (exact) mass is 963 g/mol. The van der Waals surface area contributed by atoms with E-state index in [1.165, 1.54) is 25.7 Å². The van der Waals surface area contributed by atoms with Crippen molar-refractivity contribution in [1.29, 1.82) is 0 Å². The molecule has 3 aromatic carbocycles. The zero-order valence-corrected chi connectivity index (χ0v) is 44.1. The lowest BCUT2D eigenvalue weighted by molar-refractivity contribution is -0.155. The highest BCUT2D eigenvalue weighted by molar-refractivity contribution is 5.98. The molecule has 0 aromatic heterocycles. The van der Waals surface area contributed by atoms with Crippen LogP contribution in [0.2, 0.25) is 0 Å². The maximum absolute atomic E-state index is 12.4. The van der Waals surface area contributed by atoms with Crippen LogP contribution in [0.25, 0.3) is 0 Å². The molecule has 3 aromatic rings. The molecular formula is C61H86O9. The molecule has 0 aliphatic carbocycles. The van der Waals surface area contributed by atoms with E-state index in [-0.39, 0.29) is 89.1 Å². The van der Waals surface area contributed by atoms with Crippen LogP contribution < -0.4 is 0 Å². The number of unbranched alkanes of at least 4 members (excludes halogenated alkanes) is 4. The largest absolute Gasteiger partial charge is 0.393 e. The topological polar surface area (TPSA) is 130 Å². The van der Waals surface area contributed by atoms with Gasteiger partial charge in [0.15, 0.2) is 0 Å². The molecule has 0 saturated carbocycles. The van der Waals surface area contributed by atoms with Crippen LogP contribution in [0.1, 0.15) is 199 Å². The summed E-state index contributed by atoms with van der Waals surface area (Å²) in [4.78, 5) is 73.7. The van der Waals surface area contributed by atoms with E-state index in [2.05, 4.69) is 74.4 Å². The molecule has 3 fully saturated rings. The van der Waals surface area contributed by atoms with Gasteiger partial charge < -0.3 is 14.2 Å². The van der Waals surface area contributed by atoms with Crippen LogP contribution in [0, 0.1) is 53.3 Å². The van der Waals surface area contributed by atoms with Gasteiger partial charge in [-0.25, -0.2) is 0 Å². The summed E-state index contributed by atoms with van der Waals surface area (Å²) in [5.41, 5.74) is 3.37. The van der Waals surface area contributed by atoms with Crippen LogP contribution in [0.15, 0.2) is 91.0 Å². The number of carbonyl (C=O) groups is 6. The molecular weight excluding hydrogens is 877 g/mol. The minimum Gasteiger partial charge on any atom is -0.393 e. The van der Waals surface area contributed by atoms with Gasteiger partial charge in [-0.3, -0.25) is 28.8 Å². The fourth-order valence-corrected chi connectivity index (χ4v) is 11.5. The van der Waals surface area contributed by atoms with Gasteiger partial charge in [0.2, 0.25) is 0 Å². The van der Waals surface area contributed by atoms with Crippen molar-refractivity contribution in [3.8, 4) is 0 Å². The molecule has 0 N–H and O–H groups in total. The van der Waals surface area contributed by atoms with Gasteiger partial charge in [-0.05, 0) is 90.7 Å². The van der Waals surface area contributed by atoms with Gasteiger partial charge in [0.1, 0.15) is 0 Å². The van der Waals surface area contributed by atoms with Crippen LogP contribution in [0.4, 0.5) is 0 Å². The number of ether oxygens (including phenoxy) is 3. The smallest absolute Gasteiger partial charge is 0.318 e. The van der Waals surface area contributed by atoms with Crippen LogP contribution >= 0.6 is 0 Å². The second kappa shape index (κ2) is 30.1. The summed E-state index contributed by atoms with van der Waals surface area (Å²) in [6.45, 7) is 19.3. The van der Waals surface area contributed by atoms with Crippen LogP contribution in [0.5, 0.6) is 0 Å². The van der Waals surface area contributed by atoms with Crippen LogP contribution in [-0.4, -0.2) is 35.8 Å². The molecule has 384 valence electrons. The lowest BCUT2D eigenvalue weighted by Gasteiger charge is -2.25. The summed E-state index contributed by atoms with van der Waals surface area (Å²) in [5.74, 6) is -2.37. The van der Waals surface area contributed by atoms with Crippen molar-refractivity contribution in [1.82, 2.24) is 0 Å². The highest BCUT2D eigenvalue weighted by atomic mass is 16.6. The normalized spacial score (nSPS) is 23.4. The Bertz CT molecular complexity index is 2050. The van der Waals surface area contributed by atoms with E-state index in [0.717, 1.165) is 93.7 Å². The standard InChI is InChI=1S/C22H32O3.C20H28O3.C19H26O3/c1-4-6-7-9-12-16(3)15-19-20(22(24)25-21(19)23)18(5-2)17-13-10-8-11-14-17;1-4-6-10-14(3)13-17-18(20(22)23-19(17)21)16(5-2)15-11-8-7-9-12-15;1-4-9-13(3)12-16-17(19(21)22-18(16)20)15(5-2)14-10-7-6-8-11-14/h8,10-11,13-14,16,18-20H,4-7,9,12,15H2,1-3H3;7-9,11-12,14,16-18H,4-6,10,13H2,1-3H3;6-8,10-11,13,15-17H,4-5,9,12H2,1-3H3. The number of cyclic esters (lactones) is 6. The second-order valence-electron chi connectivity index (χ2n) is 20.7. The SMILES string of the molecule is CCCC(C)CC1C(=O)OC(=O)C1C(CC)c1ccccc1.CCCCC(C)CC1C(=O)OC(=O)C1C(CC)c1ccccc1.CCCCCCC(C)CC1C(=O)OC(=O)C1C(CC)c1ccccc1. The fourth-order valence-electron chi connectivity index (χ4n) is 11.5. The van der Waals surface area contributed by atoms with Crippen molar-refractivity contribution < 1.29 is 43.0 Å². The minimum absolute atomic E-state index is 0.0532. The maximum Gasteiger partial charge on any atom is 0.318 e. The first-order valence-electron chi connectivity index (χ1n) is 27.2. The number of carbonyl (C=O) groups excluding carboxylic acids is 6. The van der Waals surface area contributed by atoms with Gasteiger partial charge in [0.25, 0.3) is 0 Å². The molecule has 3 heterocycles. The molecule has 70 heavy (non-hydrogen) atoms. The van der Waals surface area contributed by atoms with Crippen molar-refractivity contribution in [3.05, 3.63) is 108 Å². The van der Waals surface area contributed by atoms with Gasteiger partial charge in [-0.1, -0.05) is 218 Å². The lowest BCUT2D eigenvalue weighted by atomic mass is 9.74. The number of hydrogen-bond acceptors (Lipinski definition) is 9. The van der Waals surface area contributed by atoms with E-state index in [4.69, 9.17) is 14.2 Å². The Kier molecular flexibility index (Phi) is 24.8. The maximum atomic E-state index is 12.4. The van der Waals surface area contributed by atoms with E-state index in [9.17, 15) is 28.8 Å². The Morgan fingerprint density at radius 3 is 0.943 bits per heavy atom. The molecule has 9 nitrogen and oxygen atoms in total. The Morgan fingerprint density at radius 2 is 0.657 bits per heavy atom. The minimum atomic E-state index is -0.339. The van der Waals surface area contributed by atoms with Crippen molar-refractivity contribution >= 4 is 35.8 Å². The van der Waals surface area contributed by atoms with Crippen molar-refractivity contribution in [2.45, 2.75) is 183 Å². The van der Waals surface area contributed by atoms with E-state index in [0.29, 0.717) is 17.8 Å². The molecule has 3 aliphatic heterocycles. The number of hydrogen-bond donors (Lipinski definition) is 0. The Labute approximate surface area is 421 Å². The molecule has 3 saturated heterocycles. The molecule has 12 unspecified atom stereocenters. The third kappa shape index (κ3) is 16.3. The predicted molar refractivity (Wildman–Crippen MR) is 277 cm³/mol. The zero-order chi connectivity index (χ0) is 51.2. The quantitative estimate of drug-likeness (QED) is 0.0352. The lowest BCUT2D eigenvalue weighted by Crippen LogP contribution is -2.26. The van der Waals surface area contributed by atoms with E-state index in [1.807, 2.05) is 78.9 Å². The summed E-state index contributed by atoms with van der Waals surface area (Å²) in [5, 5.41) is 0. The molecule has 0 amide bonds. The van der Waals surface area contributed by atoms with Gasteiger partial charge >= 0.3 is 35.8 Å². The molecule has 0 bridgehead atoms. The van der Waals surface area contributed by atoms with E-state index < -0.39 is 0 Å². The Balaban J connectivity index is 0.000000229. The average Bonchev–Trinajstić information content (AvgIpc) is 3.90. The summed E-state index contributed by atoms with van der Waals surface area (Å²) < 4.78 is 15.1. The van der Waals surface area contributed by atoms with Crippen LogP contribution in [0.3, 0.4) is 0 Å². The molecule has 12 atom stereocenters. The predicted octanol–water partition coefficient (Wildman–Crippen LogP) is 14.5. The van der Waals surface area contributed by atoms with Crippen molar-refractivity contribution in [3.63, 3.8) is 0 Å². The number of benzene rings is 3. The third-order valence-corrected chi connectivity index (χ3v) is 15.3. The molecule has 0 radical (unpaired) electrons. The first kappa shape index (κ1) is 57.7. The first-order valence-corrected chi connectivity index (χ1v) is 27.2. The van der Waals surface area contributed by atoms with Gasteiger partial charge in [-0.2, -0.15) is 0 Å². The first-order chi connectivity index (χ1) is 33.7. The zero-order valence-electron chi connectivity index (χ0n) is 44.1. The summed E-state index contributed by atoms with van der Waals surface area (Å²) >= 11 is 0. The van der Waals surface area contributed by atoms with Crippen molar-refractivity contribution in [2.24, 2.45) is 53.3 Å². The van der Waals surface area contributed by atoms with Crippen molar-refractivity contribution in [2.75, 3.05) is 0 Å². The average molecular weight is 963 g/mol. The van der Waals surface area contributed by atoms with Crippen LogP contribution in [-0.2, 0) is 43.0 Å². The highest BCUT2D eigenvalue weighted by Gasteiger charge is 2.50. The van der Waals surface area contributed by atoms with E-state index in [1.54, 1.807) is 0 Å². The summed E-state index contributed by atoms with van der Waals surface area (Å²) in [6.07, 6.45) is 16.4. The van der Waals surface area contributed by atoms with Gasteiger partial charge in [0, 0.05) is 0 Å². The van der Waals surface area contributed by atoms with E-state index >= 15 is 0 Å². The molecule has 0 spiro atoms. The number of rotatable bonds is 25. The Hall–Kier alpha value is -4.92. The summed E-state index contributed by atoms with van der Waals surface area (Å²) in [6, 6.07) is 30.1. The Morgan fingerprint density at radius 1 is 0.357 bits per heavy atom. The van der Waals surface area contributed by atoms with Gasteiger partial charge in [-0.15, -0.1) is 0 Å². The molecule has 9 heteroatoms. The highest BCUT2D eigenvalue weighted by Crippen LogP contribution is 2.44. The summed E-state index contributed by atoms with van der Waals surface area (Å²) in [7, 11) is 0.